The Kier molecular flexibility index (Phi) is 6.27. The van der Waals surface area contributed by atoms with Crippen LogP contribution in [-0.4, -0.2) is 47.2 Å². The molecule has 0 radical (unpaired) electrons. The fourth-order valence-corrected chi connectivity index (χ4v) is 4.42. The van der Waals surface area contributed by atoms with Crippen molar-refractivity contribution in [3.05, 3.63) is 77.9 Å². The zero-order valence-electron chi connectivity index (χ0n) is 19.7. The smallest absolute Gasteiger partial charge is 0.491 e. The van der Waals surface area contributed by atoms with Gasteiger partial charge in [-0.05, 0) is 35.9 Å². The van der Waals surface area contributed by atoms with E-state index in [1.165, 1.54) is 37.7 Å². The number of benzene rings is 1. The monoisotopic (exact) mass is 528 g/mol. The van der Waals surface area contributed by atoms with Gasteiger partial charge in [0.25, 0.3) is 5.91 Å². The molecule has 3 aromatic heterocycles. The fourth-order valence-electron chi connectivity index (χ4n) is 4.42. The van der Waals surface area contributed by atoms with Gasteiger partial charge in [-0.2, -0.15) is 4.73 Å². The Morgan fingerprint density at radius 1 is 1.18 bits per heavy atom. The largest absolute Gasteiger partial charge is 0.573 e. The van der Waals surface area contributed by atoms with Gasteiger partial charge in [-0.15, -0.1) is 13.2 Å². The van der Waals surface area contributed by atoms with Crippen LogP contribution in [0.1, 0.15) is 28.2 Å². The van der Waals surface area contributed by atoms with Crippen LogP contribution in [0.25, 0.3) is 10.9 Å². The van der Waals surface area contributed by atoms with E-state index in [-0.39, 0.29) is 31.1 Å². The molecule has 1 unspecified atom stereocenters. The van der Waals surface area contributed by atoms with E-state index >= 15 is 0 Å². The Labute approximate surface area is 212 Å². The lowest BCUT2D eigenvalue weighted by Crippen LogP contribution is -2.50. The van der Waals surface area contributed by atoms with Crippen molar-refractivity contribution in [3.8, 4) is 17.4 Å². The zero-order valence-corrected chi connectivity index (χ0v) is 19.7. The van der Waals surface area contributed by atoms with E-state index in [4.69, 9.17) is 14.3 Å². The van der Waals surface area contributed by atoms with Crippen molar-refractivity contribution in [2.45, 2.75) is 18.3 Å². The first-order chi connectivity index (χ1) is 18.2. The van der Waals surface area contributed by atoms with Crippen LogP contribution in [0.2, 0.25) is 0 Å². The van der Waals surface area contributed by atoms with Crippen LogP contribution in [0, 0.1) is 0 Å². The minimum Gasteiger partial charge on any atom is -0.491 e. The minimum absolute atomic E-state index is 0.0393. The van der Waals surface area contributed by atoms with Crippen molar-refractivity contribution in [2.75, 3.05) is 13.7 Å². The normalized spacial score (nSPS) is 16.7. The SMILES string of the molecule is COc1cc2cc(C(=O)NC3(c4ccc(OC(F)(F)F)cc4)CCOc4cccnc43)n(OC=O)c2cn1. The van der Waals surface area contributed by atoms with E-state index in [9.17, 15) is 22.8 Å². The number of rotatable bonds is 7. The molecular formula is C25H19F3N4O6. The molecule has 0 bridgehead atoms. The molecule has 1 atom stereocenters. The van der Waals surface area contributed by atoms with Gasteiger partial charge in [-0.3, -0.25) is 14.6 Å². The molecule has 13 heteroatoms. The first-order valence-electron chi connectivity index (χ1n) is 11.2. The fraction of sp³-hybridized carbons (Fsp3) is 0.200. The number of aromatic nitrogens is 3. The molecule has 0 spiro atoms. The van der Waals surface area contributed by atoms with Crippen molar-refractivity contribution in [1.82, 2.24) is 20.0 Å². The van der Waals surface area contributed by atoms with Crippen molar-refractivity contribution in [3.63, 3.8) is 0 Å². The Bertz CT molecular complexity index is 1510. The molecule has 1 N–H and O–H groups in total. The highest BCUT2D eigenvalue weighted by Gasteiger charge is 2.43. The standard InChI is InChI=1S/C25H19F3N4O6/c1-35-21-12-15-11-18(32(37-14-33)19(15)13-30-21)23(34)31-24(8-10-36-20-3-2-9-29-22(20)24)16-4-6-17(7-5-16)38-25(26,27)28/h2-7,9,11-14H,8,10H2,1H3,(H,31,34). The number of hydrogen-bond donors (Lipinski definition) is 1. The molecular weight excluding hydrogens is 509 g/mol. The summed E-state index contributed by atoms with van der Waals surface area (Å²) >= 11 is 0. The number of amides is 1. The van der Waals surface area contributed by atoms with Crippen LogP contribution in [-0.2, 0) is 10.3 Å². The molecule has 1 aromatic carbocycles. The molecule has 0 saturated carbocycles. The summed E-state index contributed by atoms with van der Waals surface area (Å²) in [7, 11) is 1.44. The van der Waals surface area contributed by atoms with Crippen LogP contribution >= 0.6 is 0 Å². The lowest BCUT2D eigenvalue weighted by molar-refractivity contribution is -0.274. The number of fused-ring (bicyclic) bond motifs is 2. The van der Waals surface area contributed by atoms with Gasteiger partial charge in [0.05, 0.1) is 19.9 Å². The molecule has 0 fully saturated rings. The van der Waals surface area contributed by atoms with Crippen LogP contribution in [0.15, 0.2) is 60.9 Å². The lowest BCUT2D eigenvalue weighted by atomic mass is 9.81. The zero-order chi connectivity index (χ0) is 26.9. The van der Waals surface area contributed by atoms with Crippen molar-refractivity contribution in [2.24, 2.45) is 0 Å². The molecule has 1 aliphatic heterocycles. The Balaban J connectivity index is 1.60. The molecule has 38 heavy (non-hydrogen) atoms. The third kappa shape index (κ3) is 4.53. The molecule has 10 nitrogen and oxygen atoms in total. The molecule has 0 aliphatic carbocycles. The van der Waals surface area contributed by atoms with E-state index < -0.39 is 23.6 Å². The third-order valence-electron chi connectivity index (χ3n) is 6.03. The number of hydrogen-bond acceptors (Lipinski definition) is 8. The topological polar surface area (TPSA) is 114 Å². The molecule has 1 amide bonds. The lowest BCUT2D eigenvalue weighted by Gasteiger charge is -2.39. The highest BCUT2D eigenvalue weighted by atomic mass is 19.4. The van der Waals surface area contributed by atoms with Gasteiger partial charge in [-0.1, -0.05) is 12.1 Å². The van der Waals surface area contributed by atoms with Crippen LogP contribution < -0.4 is 24.4 Å². The summed E-state index contributed by atoms with van der Waals surface area (Å²) < 4.78 is 54.0. The first-order valence-corrected chi connectivity index (χ1v) is 11.2. The maximum Gasteiger partial charge on any atom is 0.573 e. The number of halogens is 3. The van der Waals surface area contributed by atoms with Crippen LogP contribution in [0.3, 0.4) is 0 Å². The number of pyridine rings is 2. The van der Waals surface area contributed by atoms with Crippen molar-refractivity contribution in [1.29, 1.82) is 0 Å². The summed E-state index contributed by atoms with van der Waals surface area (Å²) in [5.74, 6) is -0.394. The number of alkyl halides is 3. The molecule has 1 aliphatic rings. The number of nitrogens with one attached hydrogen (secondary N) is 1. The first kappa shape index (κ1) is 24.9. The Hall–Kier alpha value is -4.81. The maximum atomic E-state index is 13.8. The predicted octanol–water partition coefficient (Wildman–Crippen LogP) is 3.38. The van der Waals surface area contributed by atoms with E-state index in [1.54, 1.807) is 18.2 Å². The summed E-state index contributed by atoms with van der Waals surface area (Å²) in [6.45, 7) is 0.343. The second-order valence-corrected chi connectivity index (χ2v) is 8.19. The van der Waals surface area contributed by atoms with Gasteiger partial charge in [-0.25, -0.2) is 4.98 Å². The summed E-state index contributed by atoms with van der Waals surface area (Å²) in [4.78, 5) is 38.6. The average Bonchev–Trinajstić information content (AvgIpc) is 3.26. The van der Waals surface area contributed by atoms with E-state index in [2.05, 4.69) is 20.0 Å². The predicted molar refractivity (Wildman–Crippen MR) is 125 cm³/mol. The Morgan fingerprint density at radius 2 is 1.97 bits per heavy atom. The number of carbonyl (C=O) groups is 2. The minimum atomic E-state index is -4.86. The van der Waals surface area contributed by atoms with Crippen molar-refractivity contribution >= 4 is 23.3 Å². The summed E-state index contributed by atoms with van der Waals surface area (Å²) in [6, 6.07) is 11.5. The highest BCUT2D eigenvalue weighted by molar-refractivity contribution is 5.99. The number of methoxy groups -OCH3 is 1. The summed E-state index contributed by atoms with van der Waals surface area (Å²) in [6.07, 6.45) is -1.76. The van der Waals surface area contributed by atoms with Crippen molar-refractivity contribution < 1.29 is 41.8 Å². The van der Waals surface area contributed by atoms with Gasteiger partial charge < -0.3 is 24.4 Å². The second-order valence-electron chi connectivity index (χ2n) is 8.19. The summed E-state index contributed by atoms with van der Waals surface area (Å²) in [5.41, 5.74) is -0.225. The molecule has 4 aromatic rings. The third-order valence-corrected chi connectivity index (χ3v) is 6.03. The quantitative estimate of drug-likeness (QED) is 0.363. The van der Waals surface area contributed by atoms with Gasteiger partial charge in [0.15, 0.2) is 0 Å². The maximum absolute atomic E-state index is 13.8. The molecule has 5 rings (SSSR count). The second kappa shape index (κ2) is 9.57. The van der Waals surface area contributed by atoms with Crippen LogP contribution in [0.5, 0.6) is 17.4 Å². The number of carbonyl (C=O) groups excluding carboxylic acids is 2. The number of nitrogens with zero attached hydrogens (tertiary/aromatic N) is 3. The Morgan fingerprint density at radius 3 is 2.68 bits per heavy atom. The molecule has 196 valence electrons. The van der Waals surface area contributed by atoms with Gasteiger partial charge in [0, 0.05) is 24.1 Å². The van der Waals surface area contributed by atoms with Gasteiger partial charge in [0.1, 0.15) is 33.9 Å². The molecule has 0 saturated heterocycles. The van der Waals surface area contributed by atoms with E-state index in [0.717, 1.165) is 16.9 Å². The van der Waals surface area contributed by atoms with Crippen LogP contribution in [0.4, 0.5) is 13.2 Å². The summed E-state index contributed by atoms with van der Waals surface area (Å²) in [5, 5.41) is 3.48. The molecule has 4 heterocycles. The highest BCUT2D eigenvalue weighted by Crippen LogP contribution is 2.41. The van der Waals surface area contributed by atoms with Gasteiger partial charge in [0.2, 0.25) is 5.88 Å². The van der Waals surface area contributed by atoms with E-state index in [0.29, 0.717) is 27.9 Å². The average molecular weight is 528 g/mol. The van der Waals surface area contributed by atoms with Gasteiger partial charge >= 0.3 is 12.8 Å². The van der Waals surface area contributed by atoms with E-state index in [1.807, 2.05) is 0 Å². The number of ether oxygens (including phenoxy) is 3.